The Balaban J connectivity index is 2.22. The van der Waals surface area contributed by atoms with Gasteiger partial charge in [0, 0.05) is 18.8 Å². The molecule has 2 rings (SSSR count). The average Bonchev–Trinajstić information content (AvgIpc) is 2.48. The first kappa shape index (κ1) is 14.1. The van der Waals surface area contributed by atoms with E-state index in [1.807, 2.05) is 25.1 Å². The summed E-state index contributed by atoms with van der Waals surface area (Å²) in [4.78, 5) is 8.38. The van der Waals surface area contributed by atoms with Crippen molar-refractivity contribution in [1.29, 1.82) is 0 Å². The van der Waals surface area contributed by atoms with E-state index in [1.54, 1.807) is 19.4 Å². The second-order valence-electron chi connectivity index (χ2n) is 4.19. The van der Waals surface area contributed by atoms with Gasteiger partial charge in [-0.15, -0.1) is 0 Å². The summed E-state index contributed by atoms with van der Waals surface area (Å²) in [7, 11) is 1.63. The Hall–Kier alpha value is -2.30. The zero-order valence-electron chi connectivity index (χ0n) is 12.0. The van der Waals surface area contributed by atoms with Gasteiger partial charge in [-0.1, -0.05) is 13.0 Å². The van der Waals surface area contributed by atoms with E-state index >= 15 is 0 Å². The van der Waals surface area contributed by atoms with Gasteiger partial charge in [-0.05, 0) is 31.0 Å². The zero-order chi connectivity index (χ0) is 14.4. The fraction of sp³-hybridized carbons (Fsp3) is 0.333. The lowest BCUT2D eigenvalue weighted by Gasteiger charge is -2.11. The quantitative estimate of drug-likeness (QED) is 0.875. The van der Waals surface area contributed by atoms with E-state index < -0.39 is 0 Å². The number of anilines is 1. The Morgan fingerprint density at radius 1 is 1.15 bits per heavy atom. The van der Waals surface area contributed by atoms with Gasteiger partial charge in [0.25, 0.3) is 0 Å². The molecule has 0 aliphatic rings. The maximum Gasteiger partial charge on any atom is 0.225 e. The molecular formula is C15H19N3O2. The summed E-state index contributed by atoms with van der Waals surface area (Å²) in [5.74, 6) is 2.38. The van der Waals surface area contributed by atoms with Crippen molar-refractivity contribution in [2.45, 2.75) is 20.3 Å². The molecule has 20 heavy (non-hydrogen) atoms. The Morgan fingerprint density at radius 3 is 2.70 bits per heavy atom. The minimum atomic E-state index is 0.485. The molecule has 0 atom stereocenters. The van der Waals surface area contributed by atoms with Gasteiger partial charge in [0.1, 0.15) is 0 Å². The first-order valence-electron chi connectivity index (χ1n) is 6.68. The van der Waals surface area contributed by atoms with Crippen molar-refractivity contribution in [3.05, 3.63) is 36.0 Å². The van der Waals surface area contributed by atoms with Crippen LogP contribution in [0.2, 0.25) is 0 Å². The smallest absolute Gasteiger partial charge is 0.225 e. The van der Waals surface area contributed by atoms with Gasteiger partial charge in [-0.3, -0.25) is 0 Å². The molecule has 5 nitrogen and oxygen atoms in total. The third kappa shape index (κ3) is 3.38. The molecular weight excluding hydrogens is 254 g/mol. The standard InChI is InChI=1S/C15H19N3O2/c1-4-11-6-7-12(13(10-11)19-3)20-14-8-9-17-15(18-14)16-5-2/h6-10H,4-5H2,1-3H3,(H,16,17,18). The van der Waals surface area contributed by atoms with Crippen LogP contribution in [0.5, 0.6) is 17.4 Å². The number of aromatic nitrogens is 2. The molecule has 1 heterocycles. The van der Waals surface area contributed by atoms with Gasteiger partial charge in [0.2, 0.25) is 11.8 Å². The Labute approximate surface area is 119 Å². The number of rotatable bonds is 6. The number of nitrogens with zero attached hydrogens (tertiary/aromatic N) is 2. The van der Waals surface area contributed by atoms with Gasteiger partial charge >= 0.3 is 0 Å². The molecule has 0 unspecified atom stereocenters. The number of hydrogen-bond acceptors (Lipinski definition) is 5. The van der Waals surface area contributed by atoms with E-state index in [2.05, 4.69) is 22.2 Å². The molecule has 1 N–H and O–H groups in total. The van der Waals surface area contributed by atoms with E-state index in [-0.39, 0.29) is 0 Å². The lowest BCUT2D eigenvalue weighted by atomic mass is 10.1. The highest BCUT2D eigenvalue weighted by Crippen LogP contribution is 2.31. The first-order valence-corrected chi connectivity index (χ1v) is 6.68. The predicted molar refractivity (Wildman–Crippen MR) is 78.6 cm³/mol. The van der Waals surface area contributed by atoms with E-state index in [0.717, 1.165) is 13.0 Å². The average molecular weight is 273 g/mol. The molecule has 0 saturated heterocycles. The van der Waals surface area contributed by atoms with E-state index in [4.69, 9.17) is 9.47 Å². The lowest BCUT2D eigenvalue weighted by Crippen LogP contribution is -2.02. The summed E-state index contributed by atoms with van der Waals surface area (Å²) in [5, 5.41) is 3.05. The Kier molecular flexibility index (Phi) is 4.76. The molecule has 0 amide bonds. The van der Waals surface area contributed by atoms with E-state index in [1.165, 1.54) is 5.56 Å². The second kappa shape index (κ2) is 6.75. The molecule has 1 aromatic heterocycles. The van der Waals surface area contributed by atoms with Gasteiger partial charge in [0.05, 0.1) is 7.11 Å². The van der Waals surface area contributed by atoms with Crippen molar-refractivity contribution in [2.24, 2.45) is 0 Å². The molecule has 1 aromatic carbocycles. The van der Waals surface area contributed by atoms with Crippen molar-refractivity contribution < 1.29 is 9.47 Å². The van der Waals surface area contributed by atoms with Crippen LogP contribution in [0.15, 0.2) is 30.5 Å². The molecule has 106 valence electrons. The van der Waals surface area contributed by atoms with Crippen LogP contribution < -0.4 is 14.8 Å². The van der Waals surface area contributed by atoms with Crippen molar-refractivity contribution in [2.75, 3.05) is 19.0 Å². The zero-order valence-corrected chi connectivity index (χ0v) is 12.0. The molecule has 0 saturated carbocycles. The minimum absolute atomic E-state index is 0.485. The summed E-state index contributed by atoms with van der Waals surface area (Å²) >= 11 is 0. The molecule has 0 spiro atoms. The SMILES string of the molecule is CCNc1nccc(Oc2ccc(CC)cc2OC)n1. The van der Waals surface area contributed by atoms with Crippen molar-refractivity contribution in [3.63, 3.8) is 0 Å². The van der Waals surface area contributed by atoms with Gasteiger partial charge in [-0.2, -0.15) is 4.98 Å². The number of methoxy groups -OCH3 is 1. The van der Waals surface area contributed by atoms with Crippen LogP contribution in [0.1, 0.15) is 19.4 Å². The van der Waals surface area contributed by atoms with Crippen molar-refractivity contribution in [3.8, 4) is 17.4 Å². The summed E-state index contributed by atoms with van der Waals surface area (Å²) in [6, 6.07) is 7.60. The van der Waals surface area contributed by atoms with E-state index in [9.17, 15) is 0 Å². The molecule has 0 radical (unpaired) electrons. The van der Waals surface area contributed by atoms with Crippen LogP contribution in [-0.2, 0) is 6.42 Å². The summed E-state index contributed by atoms with van der Waals surface area (Å²) in [6.45, 7) is 4.85. The van der Waals surface area contributed by atoms with Crippen LogP contribution in [0.3, 0.4) is 0 Å². The second-order valence-corrected chi connectivity index (χ2v) is 4.19. The third-order valence-electron chi connectivity index (χ3n) is 2.82. The number of aryl methyl sites for hydroxylation is 1. The topological polar surface area (TPSA) is 56.3 Å². The molecule has 0 fully saturated rings. The highest BCUT2D eigenvalue weighted by Gasteiger charge is 2.08. The number of ether oxygens (including phenoxy) is 2. The van der Waals surface area contributed by atoms with Crippen LogP contribution >= 0.6 is 0 Å². The monoisotopic (exact) mass is 273 g/mol. The van der Waals surface area contributed by atoms with E-state index in [0.29, 0.717) is 23.3 Å². The summed E-state index contributed by atoms with van der Waals surface area (Å²) in [5.41, 5.74) is 1.20. The minimum Gasteiger partial charge on any atom is -0.493 e. The summed E-state index contributed by atoms with van der Waals surface area (Å²) in [6.07, 6.45) is 2.61. The largest absolute Gasteiger partial charge is 0.493 e. The Morgan fingerprint density at radius 2 is 2.00 bits per heavy atom. The predicted octanol–water partition coefficient (Wildman–Crippen LogP) is 3.27. The number of benzene rings is 1. The maximum absolute atomic E-state index is 5.77. The van der Waals surface area contributed by atoms with Gasteiger partial charge in [-0.25, -0.2) is 4.98 Å². The highest BCUT2D eigenvalue weighted by atomic mass is 16.5. The van der Waals surface area contributed by atoms with Crippen LogP contribution in [0.25, 0.3) is 0 Å². The molecule has 0 aliphatic carbocycles. The Bertz CT molecular complexity index is 573. The van der Waals surface area contributed by atoms with Crippen molar-refractivity contribution in [1.82, 2.24) is 9.97 Å². The first-order chi connectivity index (χ1) is 9.76. The molecule has 2 aromatic rings. The fourth-order valence-electron chi connectivity index (χ4n) is 1.77. The van der Waals surface area contributed by atoms with Crippen LogP contribution in [0.4, 0.5) is 5.95 Å². The lowest BCUT2D eigenvalue weighted by molar-refractivity contribution is 0.373. The number of nitrogens with one attached hydrogen (secondary N) is 1. The number of hydrogen-bond donors (Lipinski definition) is 1. The molecule has 5 heteroatoms. The maximum atomic E-state index is 5.77. The fourth-order valence-corrected chi connectivity index (χ4v) is 1.77. The highest BCUT2D eigenvalue weighted by molar-refractivity contribution is 5.45. The van der Waals surface area contributed by atoms with Gasteiger partial charge < -0.3 is 14.8 Å². The van der Waals surface area contributed by atoms with Crippen molar-refractivity contribution >= 4 is 5.95 Å². The van der Waals surface area contributed by atoms with Crippen LogP contribution in [0, 0.1) is 0 Å². The normalized spacial score (nSPS) is 10.2. The summed E-state index contributed by atoms with van der Waals surface area (Å²) < 4.78 is 11.1. The van der Waals surface area contributed by atoms with Crippen LogP contribution in [-0.4, -0.2) is 23.6 Å². The molecule has 0 bridgehead atoms. The van der Waals surface area contributed by atoms with Gasteiger partial charge in [0.15, 0.2) is 11.5 Å². The third-order valence-corrected chi connectivity index (χ3v) is 2.82. The molecule has 0 aliphatic heterocycles.